The van der Waals surface area contributed by atoms with Gasteiger partial charge in [-0.05, 0) is 51.1 Å². The number of carbonyl (C=O) groups is 1. The van der Waals surface area contributed by atoms with E-state index in [0.29, 0.717) is 22.2 Å². The Kier molecular flexibility index (Phi) is 4.89. The molecule has 20 heavy (non-hydrogen) atoms. The summed E-state index contributed by atoms with van der Waals surface area (Å²) in [5.41, 5.74) is 6.90. The molecule has 0 aliphatic carbocycles. The van der Waals surface area contributed by atoms with Gasteiger partial charge in [-0.15, -0.1) is 0 Å². The van der Waals surface area contributed by atoms with Crippen LogP contribution in [0.15, 0.2) is 18.2 Å². The van der Waals surface area contributed by atoms with Gasteiger partial charge in [0.1, 0.15) is 0 Å². The number of halogens is 1. The van der Waals surface area contributed by atoms with Gasteiger partial charge in [0.2, 0.25) is 0 Å². The lowest BCUT2D eigenvalue weighted by Gasteiger charge is -2.33. The molecule has 1 amide bonds. The van der Waals surface area contributed by atoms with Crippen molar-refractivity contribution in [2.75, 3.05) is 39.5 Å². The van der Waals surface area contributed by atoms with E-state index >= 15 is 0 Å². The molecule has 4 nitrogen and oxygen atoms in total. The summed E-state index contributed by atoms with van der Waals surface area (Å²) in [5, 5.41) is 0.559. The summed E-state index contributed by atoms with van der Waals surface area (Å²) in [6.07, 6.45) is 2.11. The minimum atomic E-state index is 0.0162. The lowest BCUT2D eigenvalue weighted by atomic mass is 9.96. The zero-order valence-electron chi connectivity index (χ0n) is 12.1. The number of rotatable bonds is 3. The van der Waals surface area contributed by atoms with Crippen LogP contribution in [-0.4, -0.2) is 49.4 Å². The van der Waals surface area contributed by atoms with Crippen LogP contribution in [0.2, 0.25) is 5.02 Å². The Morgan fingerprint density at radius 3 is 2.60 bits per heavy atom. The quantitative estimate of drug-likeness (QED) is 0.871. The van der Waals surface area contributed by atoms with E-state index in [9.17, 15) is 4.79 Å². The molecule has 1 aliphatic heterocycles. The van der Waals surface area contributed by atoms with Crippen molar-refractivity contribution in [3.05, 3.63) is 28.8 Å². The molecule has 0 bridgehead atoms. The molecule has 0 atom stereocenters. The molecule has 0 spiro atoms. The summed E-state index contributed by atoms with van der Waals surface area (Å²) in [4.78, 5) is 16.6. The Morgan fingerprint density at radius 1 is 1.40 bits per heavy atom. The molecule has 110 valence electrons. The summed E-state index contributed by atoms with van der Waals surface area (Å²) >= 11 is 5.87. The molecular weight excluding hydrogens is 274 g/mol. The van der Waals surface area contributed by atoms with Crippen molar-refractivity contribution in [3.63, 3.8) is 0 Å². The van der Waals surface area contributed by atoms with Crippen molar-refractivity contribution in [1.29, 1.82) is 0 Å². The molecule has 1 heterocycles. The van der Waals surface area contributed by atoms with E-state index in [4.69, 9.17) is 17.3 Å². The topological polar surface area (TPSA) is 49.6 Å². The smallest absolute Gasteiger partial charge is 0.255 e. The predicted molar refractivity (Wildman–Crippen MR) is 83.0 cm³/mol. The van der Waals surface area contributed by atoms with Gasteiger partial charge in [-0.3, -0.25) is 4.79 Å². The molecule has 0 radical (unpaired) electrons. The Balaban J connectivity index is 1.98. The fraction of sp³-hybridized carbons (Fsp3) is 0.533. The van der Waals surface area contributed by atoms with Crippen LogP contribution in [0.1, 0.15) is 23.2 Å². The molecule has 1 aromatic carbocycles. The first-order valence-electron chi connectivity index (χ1n) is 6.96. The Morgan fingerprint density at radius 2 is 2.05 bits per heavy atom. The van der Waals surface area contributed by atoms with Gasteiger partial charge in [-0.1, -0.05) is 11.6 Å². The highest BCUT2D eigenvalue weighted by molar-refractivity contribution is 6.31. The molecular formula is C15H22ClN3O. The number of nitrogen functional groups attached to an aromatic ring is 1. The van der Waals surface area contributed by atoms with Crippen molar-refractivity contribution in [2.45, 2.75) is 12.8 Å². The maximum atomic E-state index is 12.5. The Labute approximate surface area is 125 Å². The van der Waals surface area contributed by atoms with Crippen molar-refractivity contribution in [3.8, 4) is 0 Å². The van der Waals surface area contributed by atoms with Crippen LogP contribution in [-0.2, 0) is 0 Å². The van der Waals surface area contributed by atoms with Crippen LogP contribution < -0.4 is 5.73 Å². The standard InChI is InChI=1S/C15H22ClN3O/c1-18(2)10-11-5-7-19(8-6-11)15(20)13-4-3-12(16)9-14(13)17/h3-4,9,11H,5-8,10,17H2,1-2H3. The molecule has 1 fully saturated rings. The van der Waals surface area contributed by atoms with Gasteiger partial charge >= 0.3 is 0 Å². The number of benzene rings is 1. The molecule has 0 saturated carbocycles. The first-order valence-corrected chi connectivity index (χ1v) is 7.34. The number of carbonyl (C=O) groups excluding carboxylic acids is 1. The van der Waals surface area contributed by atoms with Gasteiger partial charge in [-0.2, -0.15) is 0 Å². The first-order chi connectivity index (χ1) is 9.47. The van der Waals surface area contributed by atoms with Crippen molar-refractivity contribution in [2.24, 2.45) is 5.92 Å². The van der Waals surface area contributed by atoms with Crippen LogP contribution in [0, 0.1) is 5.92 Å². The Bertz CT molecular complexity index is 482. The van der Waals surface area contributed by atoms with E-state index in [-0.39, 0.29) is 5.91 Å². The number of nitrogens with zero attached hydrogens (tertiary/aromatic N) is 2. The maximum absolute atomic E-state index is 12.5. The predicted octanol–water partition coefficient (Wildman–Crippen LogP) is 2.34. The van der Waals surface area contributed by atoms with Crippen molar-refractivity contribution < 1.29 is 4.79 Å². The molecule has 1 aliphatic rings. The number of hydrogen-bond acceptors (Lipinski definition) is 3. The van der Waals surface area contributed by atoms with Gasteiger partial charge in [0, 0.05) is 30.3 Å². The van der Waals surface area contributed by atoms with E-state index in [0.717, 1.165) is 32.5 Å². The van der Waals surface area contributed by atoms with Gasteiger partial charge in [-0.25, -0.2) is 0 Å². The third-order valence-electron chi connectivity index (χ3n) is 3.77. The third-order valence-corrected chi connectivity index (χ3v) is 4.00. The van der Waals surface area contributed by atoms with Crippen LogP contribution in [0.5, 0.6) is 0 Å². The van der Waals surface area contributed by atoms with Gasteiger partial charge < -0.3 is 15.5 Å². The maximum Gasteiger partial charge on any atom is 0.255 e. The number of likely N-dealkylation sites (tertiary alicyclic amines) is 1. The van der Waals surface area contributed by atoms with Gasteiger partial charge in [0.25, 0.3) is 5.91 Å². The lowest BCUT2D eigenvalue weighted by molar-refractivity contribution is 0.0679. The zero-order valence-corrected chi connectivity index (χ0v) is 12.9. The number of piperidine rings is 1. The molecule has 0 aromatic heterocycles. The molecule has 2 N–H and O–H groups in total. The van der Waals surface area contributed by atoms with Crippen molar-refractivity contribution in [1.82, 2.24) is 9.80 Å². The average molecular weight is 296 g/mol. The largest absolute Gasteiger partial charge is 0.398 e. The van der Waals surface area contributed by atoms with E-state index < -0.39 is 0 Å². The van der Waals surface area contributed by atoms with Crippen LogP contribution in [0.3, 0.4) is 0 Å². The zero-order chi connectivity index (χ0) is 14.7. The number of hydrogen-bond donors (Lipinski definition) is 1. The van der Waals surface area contributed by atoms with E-state index in [2.05, 4.69) is 19.0 Å². The highest BCUT2D eigenvalue weighted by atomic mass is 35.5. The summed E-state index contributed by atoms with van der Waals surface area (Å²) in [5.74, 6) is 0.694. The van der Waals surface area contributed by atoms with Crippen LogP contribution in [0.4, 0.5) is 5.69 Å². The summed E-state index contributed by atoms with van der Waals surface area (Å²) in [6, 6.07) is 5.06. The number of amides is 1. The van der Waals surface area contributed by atoms with E-state index in [1.165, 1.54) is 0 Å². The highest BCUT2D eigenvalue weighted by Gasteiger charge is 2.24. The highest BCUT2D eigenvalue weighted by Crippen LogP contribution is 2.23. The van der Waals surface area contributed by atoms with Crippen LogP contribution in [0.25, 0.3) is 0 Å². The average Bonchev–Trinajstić information content (AvgIpc) is 2.38. The first kappa shape index (κ1) is 15.1. The SMILES string of the molecule is CN(C)CC1CCN(C(=O)c2ccc(Cl)cc2N)CC1. The summed E-state index contributed by atoms with van der Waals surface area (Å²) in [6.45, 7) is 2.70. The van der Waals surface area contributed by atoms with E-state index in [1.807, 2.05) is 4.90 Å². The molecule has 5 heteroatoms. The van der Waals surface area contributed by atoms with E-state index in [1.54, 1.807) is 18.2 Å². The fourth-order valence-electron chi connectivity index (χ4n) is 2.73. The number of nitrogens with two attached hydrogens (primary N) is 1. The Hall–Kier alpha value is -1.26. The normalized spacial score (nSPS) is 16.7. The van der Waals surface area contributed by atoms with Crippen molar-refractivity contribution >= 4 is 23.2 Å². The summed E-state index contributed by atoms with van der Waals surface area (Å²) < 4.78 is 0. The lowest BCUT2D eigenvalue weighted by Crippen LogP contribution is -2.40. The second-order valence-corrected chi connectivity index (χ2v) is 6.17. The second kappa shape index (κ2) is 6.46. The molecule has 2 rings (SSSR count). The number of anilines is 1. The second-order valence-electron chi connectivity index (χ2n) is 5.73. The summed E-state index contributed by atoms with van der Waals surface area (Å²) in [7, 11) is 4.18. The third kappa shape index (κ3) is 3.64. The molecule has 0 unspecified atom stereocenters. The monoisotopic (exact) mass is 295 g/mol. The minimum absolute atomic E-state index is 0.0162. The molecule has 1 aromatic rings. The fourth-order valence-corrected chi connectivity index (χ4v) is 2.91. The minimum Gasteiger partial charge on any atom is -0.398 e. The van der Waals surface area contributed by atoms with Gasteiger partial charge in [0.15, 0.2) is 0 Å². The molecule has 1 saturated heterocycles. The van der Waals surface area contributed by atoms with Crippen LogP contribution >= 0.6 is 11.6 Å². The van der Waals surface area contributed by atoms with Gasteiger partial charge in [0.05, 0.1) is 5.56 Å².